The predicted molar refractivity (Wildman–Crippen MR) is 69.5 cm³/mol. The van der Waals surface area contributed by atoms with E-state index >= 15 is 0 Å². The highest BCUT2D eigenvalue weighted by molar-refractivity contribution is 6.36. The summed E-state index contributed by atoms with van der Waals surface area (Å²) in [6.45, 7) is -1.40. The summed E-state index contributed by atoms with van der Waals surface area (Å²) in [7, 11) is 1.25. The van der Waals surface area contributed by atoms with Crippen LogP contribution in [-0.4, -0.2) is 24.7 Å². The van der Waals surface area contributed by atoms with Gasteiger partial charge in [0.2, 0.25) is 0 Å². The van der Waals surface area contributed by atoms with Crippen molar-refractivity contribution in [2.75, 3.05) is 7.11 Å². The van der Waals surface area contributed by atoms with Gasteiger partial charge in [0.25, 0.3) is 0 Å². The molecule has 1 heterocycles. The number of nitrogens with zero attached hydrogens (tertiary/aromatic N) is 1. The van der Waals surface area contributed by atoms with Crippen LogP contribution >= 0.6 is 11.6 Å². The molecule has 0 atom stereocenters. The van der Waals surface area contributed by atoms with Crippen LogP contribution in [0.15, 0.2) is 18.3 Å². The van der Waals surface area contributed by atoms with Gasteiger partial charge in [0.05, 0.1) is 18.2 Å². The molecule has 1 aromatic carbocycles. The third-order valence-electron chi connectivity index (χ3n) is 2.68. The van der Waals surface area contributed by atoms with E-state index < -0.39 is 12.6 Å². The zero-order valence-electron chi connectivity index (χ0n) is 10.6. The molecule has 0 unspecified atom stereocenters. The van der Waals surface area contributed by atoms with Crippen LogP contribution in [0.3, 0.4) is 0 Å². The minimum atomic E-state index is -2.97. The lowest BCUT2D eigenvalue weighted by atomic mass is 10.1. The van der Waals surface area contributed by atoms with Crippen LogP contribution in [0.2, 0.25) is 5.02 Å². The summed E-state index contributed by atoms with van der Waals surface area (Å²) in [6.07, 6.45) is 1.27. The summed E-state index contributed by atoms with van der Waals surface area (Å²) in [5, 5.41) is 0.522. The second-order valence-corrected chi connectivity index (χ2v) is 4.38. The molecule has 2 aromatic rings. The van der Waals surface area contributed by atoms with Crippen LogP contribution in [0.4, 0.5) is 8.78 Å². The van der Waals surface area contributed by atoms with Crippen LogP contribution in [0.5, 0.6) is 5.75 Å². The van der Waals surface area contributed by atoms with Crippen molar-refractivity contribution in [3.63, 3.8) is 0 Å². The van der Waals surface area contributed by atoms with Crippen molar-refractivity contribution in [3.05, 3.63) is 34.5 Å². The number of pyridine rings is 1. The number of ether oxygens (including phenoxy) is 2. The van der Waals surface area contributed by atoms with Crippen LogP contribution in [0.25, 0.3) is 10.9 Å². The summed E-state index contributed by atoms with van der Waals surface area (Å²) in [6, 6.07) is 3.09. The van der Waals surface area contributed by atoms with Crippen LogP contribution in [-0.2, 0) is 4.74 Å². The maximum absolute atomic E-state index is 12.3. The minimum Gasteiger partial charge on any atom is -0.465 e. The monoisotopic (exact) mass is 301 g/mol. The van der Waals surface area contributed by atoms with Gasteiger partial charge in [-0.15, -0.1) is 0 Å². The zero-order chi connectivity index (χ0) is 14.9. The Bertz CT molecular complexity index is 676. The fraction of sp³-hybridized carbons (Fsp3) is 0.231. The summed E-state index contributed by atoms with van der Waals surface area (Å²) in [5.41, 5.74) is 0.949. The molecule has 2 rings (SSSR count). The Hall–Kier alpha value is -1.95. The molecule has 0 amide bonds. The summed E-state index contributed by atoms with van der Waals surface area (Å²) in [5.74, 6) is -0.659. The molecule has 7 heteroatoms. The topological polar surface area (TPSA) is 48.4 Å². The lowest BCUT2D eigenvalue weighted by molar-refractivity contribution is -0.0501. The van der Waals surface area contributed by atoms with Crippen LogP contribution in [0.1, 0.15) is 15.9 Å². The van der Waals surface area contributed by atoms with E-state index in [0.717, 1.165) is 0 Å². The third-order valence-corrected chi connectivity index (χ3v) is 3.03. The fourth-order valence-electron chi connectivity index (χ4n) is 1.82. The van der Waals surface area contributed by atoms with Crippen LogP contribution < -0.4 is 4.74 Å². The first-order chi connectivity index (χ1) is 9.43. The molecular formula is C13H10ClF2NO3. The zero-order valence-corrected chi connectivity index (χ0v) is 11.4. The Kier molecular flexibility index (Phi) is 4.04. The lowest BCUT2D eigenvalue weighted by Gasteiger charge is -2.12. The number of fused-ring (bicyclic) bond motifs is 1. The van der Waals surface area contributed by atoms with Gasteiger partial charge in [-0.25, -0.2) is 4.79 Å². The molecule has 0 saturated carbocycles. The molecule has 0 radical (unpaired) electrons. The average Bonchev–Trinajstić information content (AvgIpc) is 2.41. The number of esters is 1. The molecule has 0 aliphatic rings. The van der Waals surface area contributed by atoms with Gasteiger partial charge in [-0.2, -0.15) is 8.78 Å². The smallest absolute Gasteiger partial charge is 0.387 e. The van der Waals surface area contributed by atoms with Crippen molar-refractivity contribution in [1.82, 2.24) is 4.98 Å². The van der Waals surface area contributed by atoms with E-state index in [9.17, 15) is 13.6 Å². The van der Waals surface area contributed by atoms with Gasteiger partial charge in [-0.05, 0) is 24.6 Å². The van der Waals surface area contributed by atoms with Crippen molar-refractivity contribution < 1.29 is 23.0 Å². The molecule has 0 fully saturated rings. The maximum Gasteiger partial charge on any atom is 0.387 e. The normalized spacial score (nSPS) is 10.9. The molecule has 106 valence electrons. The summed E-state index contributed by atoms with van der Waals surface area (Å²) >= 11 is 6.02. The van der Waals surface area contributed by atoms with E-state index in [2.05, 4.69) is 14.5 Å². The van der Waals surface area contributed by atoms with Gasteiger partial charge >= 0.3 is 12.6 Å². The van der Waals surface area contributed by atoms with E-state index in [1.165, 1.54) is 19.4 Å². The third kappa shape index (κ3) is 2.65. The Labute approximate surface area is 118 Å². The number of aryl methyl sites for hydroxylation is 1. The summed E-state index contributed by atoms with van der Waals surface area (Å²) in [4.78, 5) is 15.4. The standard InChI is InChI=1S/C13H10ClF2NO3/c1-6-3-7-4-8(12(18)19-2)5-17-10(7)9(14)11(6)20-13(15)16/h3-5,13H,1-2H3. The Morgan fingerprint density at radius 2 is 2.10 bits per heavy atom. The van der Waals surface area contributed by atoms with Gasteiger partial charge < -0.3 is 9.47 Å². The first kappa shape index (κ1) is 14.5. The van der Waals surface area contributed by atoms with E-state index in [1.807, 2.05) is 0 Å². The molecule has 1 aromatic heterocycles. The van der Waals surface area contributed by atoms with E-state index in [1.54, 1.807) is 13.0 Å². The molecule has 20 heavy (non-hydrogen) atoms. The predicted octanol–water partition coefficient (Wildman–Crippen LogP) is 3.58. The van der Waals surface area contributed by atoms with Crippen molar-refractivity contribution in [2.24, 2.45) is 0 Å². The maximum atomic E-state index is 12.3. The number of halogens is 3. The van der Waals surface area contributed by atoms with Crippen molar-refractivity contribution >= 4 is 28.5 Å². The molecule has 0 bridgehead atoms. The number of hydrogen-bond acceptors (Lipinski definition) is 4. The van der Waals surface area contributed by atoms with E-state index in [-0.39, 0.29) is 21.9 Å². The molecule has 0 N–H and O–H groups in total. The average molecular weight is 302 g/mol. The van der Waals surface area contributed by atoms with Crippen molar-refractivity contribution in [3.8, 4) is 5.75 Å². The summed E-state index contributed by atoms with van der Waals surface area (Å²) < 4.78 is 33.6. The van der Waals surface area contributed by atoms with Gasteiger partial charge in [0.1, 0.15) is 10.8 Å². The molecule has 4 nitrogen and oxygen atoms in total. The van der Waals surface area contributed by atoms with Crippen molar-refractivity contribution in [1.29, 1.82) is 0 Å². The molecule has 0 saturated heterocycles. The van der Waals surface area contributed by atoms with E-state index in [0.29, 0.717) is 10.9 Å². The van der Waals surface area contributed by atoms with Gasteiger partial charge in [0.15, 0.2) is 0 Å². The Morgan fingerprint density at radius 1 is 1.40 bits per heavy atom. The van der Waals surface area contributed by atoms with Crippen molar-refractivity contribution in [2.45, 2.75) is 13.5 Å². The quantitative estimate of drug-likeness (QED) is 0.813. The van der Waals surface area contributed by atoms with Crippen LogP contribution in [0, 0.1) is 6.92 Å². The second kappa shape index (κ2) is 5.58. The minimum absolute atomic E-state index is 0.0169. The highest BCUT2D eigenvalue weighted by Crippen LogP contribution is 2.36. The SMILES string of the molecule is COC(=O)c1cnc2c(Cl)c(OC(F)F)c(C)cc2c1. The molecule has 0 aliphatic heterocycles. The van der Waals surface area contributed by atoms with Gasteiger partial charge in [0, 0.05) is 11.6 Å². The first-order valence-electron chi connectivity index (χ1n) is 5.56. The number of carbonyl (C=O) groups is 1. The fourth-order valence-corrected chi connectivity index (χ4v) is 2.17. The lowest BCUT2D eigenvalue weighted by Crippen LogP contribution is -2.05. The van der Waals surface area contributed by atoms with Gasteiger partial charge in [-0.1, -0.05) is 11.6 Å². The van der Waals surface area contributed by atoms with E-state index in [4.69, 9.17) is 11.6 Å². The highest BCUT2D eigenvalue weighted by Gasteiger charge is 2.17. The number of hydrogen-bond donors (Lipinski definition) is 0. The highest BCUT2D eigenvalue weighted by atomic mass is 35.5. The molecular weight excluding hydrogens is 292 g/mol. The van der Waals surface area contributed by atoms with Gasteiger partial charge in [-0.3, -0.25) is 4.98 Å². The number of rotatable bonds is 3. The Balaban J connectivity index is 2.60. The number of methoxy groups -OCH3 is 1. The first-order valence-corrected chi connectivity index (χ1v) is 5.93. The second-order valence-electron chi connectivity index (χ2n) is 4.00. The number of alkyl halides is 2. The number of aromatic nitrogens is 1. The number of carbonyl (C=O) groups excluding carboxylic acids is 1. The Morgan fingerprint density at radius 3 is 2.70 bits per heavy atom. The molecule has 0 aliphatic carbocycles. The molecule has 0 spiro atoms. The number of benzene rings is 1. The largest absolute Gasteiger partial charge is 0.465 e.